The van der Waals surface area contributed by atoms with Gasteiger partial charge in [0.1, 0.15) is 0 Å². The van der Waals surface area contributed by atoms with Crippen molar-refractivity contribution >= 4 is 5.91 Å². The van der Waals surface area contributed by atoms with Crippen LogP contribution in [0.4, 0.5) is 0 Å². The normalized spacial score (nSPS) is 24.4. The quantitative estimate of drug-likeness (QED) is 0.840. The first kappa shape index (κ1) is 12.1. The molecule has 92 valence electrons. The Morgan fingerprint density at radius 2 is 2.00 bits per heavy atom. The van der Waals surface area contributed by atoms with Gasteiger partial charge in [-0.25, -0.2) is 0 Å². The zero-order valence-corrected chi connectivity index (χ0v) is 10.5. The van der Waals surface area contributed by atoms with Crippen LogP contribution >= 0.6 is 0 Å². The zero-order valence-electron chi connectivity index (χ0n) is 10.5. The average molecular weight is 232 g/mol. The number of carbonyl (C=O) groups excluding carboxylic acids is 1. The second-order valence-electron chi connectivity index (χ2n) is 4.87. The van der Waals surface area contributed by atoms with E-state index in [2.05, 4.69) is 29.6 Å². The second kappa shape index (κ2) is 5.32. The maximum absolute atomic E-state index is 11.9. The Hall–Kier alpha value is -1.35. The van der Waals surface area contributed by atoms with E-state index < -0.39 is 0 Å². The van der Waals surface area contributed by atoms with Crippen LogP contribution in [-0.4, -0.2) is 37.5 Å². The topological polar surface area (TPSA) is 32.3 Å². The maximum Gasteiger partial charge on any atom is 0.239 e. The van der Waals surface area contributed by atoms with Gasteiger partial charge in [-0.05, 0) is 30.9 Å². The van der Waals surface area contributed by atoms with Gasteiger partial charge in [0.15, 0.2) is 0 Å². The summed E-state index contributed by atoms with van der Waals surface area (Å²) in [5.74, 6) is 0.692. The summed E-state index contributed by atoms with van der Waals surface area (Å²) in [6.07, 6.45) is 2.02. The molecule has 0 spiro atoms. The third-order valence-electron chi connectivity index (χ3n) is 3.41. The molecule has 3 nitrogen and oxygen atoms in total. The molecule has 0 bridgehead atoms. The van der Waals surface area contributed by atoms with Gasteiger partial charge in [-0.3, -0.25) is 4.79 Å². The second-order valence-corrected chi connectivity index (χ2v) is 4.87. The summed E-state index contributed by atoms with van der Waals surface area (Å²) in [6, 6.07) is 10.5. The number of carbonyl (C=O) groups is 1. The molecule has 2 atom stereocenters. The molecule has 1 aromatic rings. The van der Waals surface area contributed by atoms with Crippen LogP contribution in [0.25, 0.3) is 0 Å². The van der Waals surface area contributed by atoms with Crippen LogP contribution in [0.3, 0.4) is 0 Å². The summed E-state index contributed by atoms with van der Waals surface area (Å²) in [6.45, 7) is 0.920. The third kappa shape index (κ3) is 2.86. The predicted molar refractivity (Wildman–Crippen MR) is 68.9 cm³/mol. The number of piperidine rings is 1. The van der Waals surface area contributed by atoms with Gasteiger partial charge >= 0.3 is 0 Å². The molecule has 1 aromatic carbocycles. The Labute approximate surface area is 103 Å². The van der Waals surface area contributed by atoms with Gasteiger partial charge < -0.3 is 10.2 Å². The lowest BCUT2D eigenvalue weighted by atomic mass is 9.86. The number of rotatable bonds is 2. The molecular weight excluding hydrogens is 212 g/mol. The van der Waals surface area contributed by atoms with Gasteiger partial charge in [0.25, 0.3) is 0 Å². The summed E-state index contributed by atoms with van der Waals surface area (Å²) in [5, 5.41) is 3.31. The van der Waals surface area contributed by atoms with Gasteiger partial charge in [-0.15, -0.1) is 0 Å². The van der Waals surface area contributed by atoms with E-state index >= 15 is 0 Å². The van der Waals surface area contributed by atoms with Crippen molar-refractivity contribution < 1.29 is 4.79 Å². The molecule has 1 aliphatic heterocycles. The first-order valence-electron chi connectivity index (χ1n) is 6.18. The SMILES string of the molecule is CN(C)C(=O)C1CC(c2ccccc2)CCN1. The number of nitrogens with zero attached hydrogens (tertiary/aromatic N) is 1. The minimum Gasteiger partial charge on any atom is -0.347 e. The molecule has 1 fully saturated rings. The molecule has 0 aliphatic carbocycles. The summed E-state index contributed by atoms with van der Waals surface area (Å²) in [7, 11) is 3.63. The van der Waals surface area contributed by atoms with E-state index in [1.165, 1.54) is 5.56 Å². The van der Waals surface area contributed by atoms with E-state index in [1.54, 1.807) is 4.90 Å². The Morgan fingerprint density at radius 3 is 2.65 bits per heavy atom. The molecule has 17 heavy (non-hydrogen) atoms. The zero-order chi connectivity index (χ0) is 12.3. The van der Waals surface area contributed by atoms with Gasteiger partial charge in [0.05, 0.1) is 6.04 Å². The first-order chi connectivity index (χ1) is 8.18. The Bertz CT molecular complexity index is 375. The lowest BCUT2D eigenvalue weighted by molar-refractivity contribution is -0.131. The molecule has 2 unspecified atom stereocenters. The molecule has 0 radical (unpaired) electrons. The molecule has 1 amide bonds. The summed E-state index contributed by atoms with van der Waals surface area (Å²) in [4.78, 5) is 13.6. The van der Waals surface area contributed by atoms with E-state index in [-0.39, 0.29) is 11.9 Å². The van der Waals surface area contributed by atoms with Crippen LogP contribution in [-0.2, 0) is 4.79 Å². The summed E-state index contributed by atoms with van der Waals surface area (Å²) in [5.41, 5.74) is 1.35. The van der Waals surface area contributed by atoms with Crippen molar-refractivity contribution in [3.05, 3.63) is 35.9 Å². The van der Waals surface area contributed by atoms with Crippen molar-refractivity contribution in [1.82, 2.24) is 10.2 Å². The van der Waals surface area contributed by atoms with Crippen molar-refractivity contribution in [3.63, 3.8) is 0 Å². The minimum atomic E-state index is -0.0241. The molecule has 2 rings (SSSR count). The van der Waals surface area contributed by atoms with Crippen molar-refractivity contribution in [2.45, 2.75) is 24.8 Å². The highest BCUT2D eigenvalue weighted by molar-refractivity contribution is 5.81. The van der Waals surface area contributed by atoms with E-state index in [1.807, 2.05) is 20.2 Å². The fraction of sp³-hybridized carbons (Fsp3) is 0.500. The van der Waals surface area contributed by atoms with Crippen LogP contribution in [0.5, 0.6) is 0 Å². The lowest BCUT2D eigenvalue weighted by Gasteiger charge is -2.31. The van der Waals surface area contributed by atoms with Crippen LogP contribution in [0, 0.1) is 0 Å². The monoisotopic (exact) mass is 232 g/mol. The molecule has 1 aliphatic rings. The van der Waals surface area contributed by atoms with Crippen LogP contribution in [0.2, 0.25) is 0 Å². The van der Waals surface area contributed by atoms with Crippen molar-refractivity contribution in [1.29, 1.82) is 0 Å². The molecule has 0 saturated carbocycles. The smallest absolute Gasteiger partial charge is 0.239 e. The van der Waals surface area contributed by atoms with Crippen LogP contribution in [0.1, 0.15) is 24.3 Å². The molecule has 1 N–H and O–H groups in total. The minimum absolute atomic E-state index is 0.0241. The molecule has 1 heterocycles. The van der Waals surface area contributed by atoms with E-state index in [0.717, 1.165) is 19.4 Å². The van der Waals surface area contributed by atoms with Gasteiger partial charge in [-0.1, -0.05) is 30.3 Å². The van der Waals surface area contributed by atoms with Crippen molar-refractivity contribution in [3.8, 4) is 0 Å². The van der Waals surface area contributed by atoms with E-state index in [9.17, 15) is 4.79 Å². The van der Waals surface area contributed by atoms with Gasteiger partial charge in [0.2, 0.25) is 5.91 Å². The third-order valence-corrected chi connectivity index (χ3v) is 3.41. The fourth-order valence-electron chi connectivity index (χ4n) is 2.45. The van der Waals surface area contributed by atoms with Crippen LogP contribution < -0.4 is 5.32 Å². The largest absolute Gasteiger partial charge is 0.347 e. The fourth-order valence-corrected chi connectivity index (χ4v) is 2.45. The number of nitrogens with one attached hydrogen (secondary N) is 1. The summed E-state index contributed by atoms with van der Waals surface area (Å²) >= 11 is 0. The van der Waals surface area contributed by atoms with E-state index in [0.29, 0.717) is 5.92 Å². The van der Waals surface area contributed by atoms with Gasteiger partial charge in [-0.2, -0.15) is 0 Å². The Morgan fingerprint density at radius 1 is 1.29 bits per heavy atom. The summed E-state index contributed by atoms with van der Waals surface area (Å²) < 4.78 is 0. The Balaban J connectivity index is 2.05. The highest BCUT2D eigenvalue weighted by Crippen LogP contribution is 2.27. The van der Waals surface area contributed by atoms with E-state index in [4.69, 9.17) is 0 Å². The van der Waals surface area contributed by atoms with Crippen LogP contribution in [0.15, 0.2) is 30.3 Å². The number of amides is 1. The lowest BCUT2D eigenvalue weighted by Crippen LogP contribution is -2.47. The number of hydrogen-bond acceptors (Lipinski definition) is 2. The standard InChI is InChI=1S/C14H20N2O/c1-16(2)14(17)13-10-12(8-9-15-13)11-6-4-3-5-7-11/h3-7,12-13,15H,8-10H2,1-2H3. The molecule has 1 saturated heterocycles. The van der Waals surface area contributed by atoms with Crippen molar-refractivity contribution in [2.75, 3.05) is 20.6 Å². The maximum atomic E-state index is 11.9. The number of likely N-dealkylation sites (N-methyl/N-ethyl adjacent to an activating group) is 1. The Kier molecular flexibility index (Phi) is 3.79. The highest BCUT2D eigenvalue weighted by Gasteiger charge is 2.28. The first-order valence-corrected chi connectivity index (χ1v) is 6.18. The molecule has 0 aromatic heterocycles. The van der Waals surface area contributed by atoms with Crippen molar-refractivity contribution in [2.24, 2.45) is 0 Å². The number of hydrogen-bond donors (Lipinski definition) is 1. The average Bonchev–Trinajstić information content (AvgIpc) is 2.39. The highest BCUT2D eigenvalue weighted by atomic mass is 16.2. The number of benzene rings is 1. The predicted octanol–water partition coefficient (Wildman–Crippen LogP) is 1.61. The molecular formula is C14H20N2O. The molecule has 3 heteroatoms. The van der Waals surface area contributed by atoms with Gasteiger partial charge in [0, 0.05) is 14.1 Å².